The fourth-order valence-electron chi connectivity index (χ4n) is 0.750. The molecule has 0 aromatic heterocycles. The Morgan fingerprint density at radius 2 is 2.00 bits per heavy atom. The highest BCUT2D eigenvalue weighted by atomic mass is 16.3. The van der Waals surface area contributed by atoms with Gasteiger partial charge in [0.2, 0.25) is 0 Å². The lowest BCUT2D eigenvalue weighted by molar-refractivity contribution is 0.0931. The van der Waals surface area contributed by atoms with E-state index in [1.165, 1.54) is 0 Å². The van der Waals surface area contributed by atoms with Crippen molar-refractivity contribution in [3.63, 3.8) is 0 Å². The molecule has 62 valence electrons. The highest BCUT2D eigenvalue weighted by Gasteiger charge is 2.30. The number of aliphatic hydroxyl groups excluding tert-OH is 1. The molecule has 0 fully saturated rings. The Kier molecular flexibility index (Phi) is 3.28. The van der Waals surface area contributed by atoms with Crippen molar-refractivity contribution in [3.8, 4) is 0 Å². The lowest BCUT2D eigenvalue weighted by Gasteiger charge is -2.33. The summed E-state index contributed by atoms with van der Waals surface area (Å²) in [5, 5.41) is 9.18. The minimum Gasteiger partial charge on any atom is -0.391 e. The van der Waals surface area contributed by atoms with Gasteiger partial charge in [-0.15, -0.1) is 0 Å². The monoisotopic (exact) mass is 146 g/mol. The number of aliphatic hydroxyl groups is 1. The van der Waals surface area contributed by atoms with E-state index in [0.29, 0.717) is 0 Å². The van der Waals surface area contributed by atoms with Crippen molar-refractivity contribution in [2.75, 3.05) is 0 Å². The normalized spacial score (nSPS) is 23.4. The summed E-state index contributed by atoms with van der Waals surface area (Å²) >= 11 is 0. The van der Waals surface area contributed by atoms with Crippen molar-refractivity contribution < 1.29 is 5.11 Å². The van der Waals surface area contributed by atoms with Gasteiger partial charge in [-0.25, -0.2) is 0 Å². The summed E-state index contributed by atoms with van der Waals surface area (Å²) in [5.41, 5.74) is 10.7. The number of hydrogen-bond donors (Lipinski definition) is 3. The number of nitrogens with two attached hydrogens (primary N) is 2. The fourth-order valence-corrected chi connectivity index (χ4v) is 0.750. The number of rotatable bonds is 3. The molecule has 3 unspecified atom stereocenters. The molecule has 0 amide bonds. The highest BCUT2D eigenvalue weighted by molar-refractivity contribution is 4.93. The maximum Gasteiger partial charge on any atom is 0.0704 e. The second-order valence-corrected chi connectivity index (χ2v) is 3.06. The zero-order valence-corrected chi connectivity index (χ0v) is 6.96. The van der Waals surface area contributed by atoms with Crippen LogP contribution in [0.15, 0.2) is 0 Å². The topological polar surface area (TPSA) is 72.3 Å². The summed E-state index contributed by atoms with van der Waals surface area (Å²) in [6, 6.07) is -0.132. The van der Waals surface area contributed by atoms with Crippen molar-refractivity contribution in [2.45, 2.75) is 44.9 Å². The van der Waals surface area contributed by atoms with Crippen LogP contribution in [0, 0.1) is 0 Å². The van der Waals surface area contributed by atoms with Crippen LogP contribution < -0.4 is 11.5 Å². The summed E-state index contributed by atoms with van der Waals surface area (Å²) in [4.78, 5) is 0. The van der Waals surface area contributed by atoms with Crippen molar-refractivity contribution in [1.29, 1.82) is 0 Å². The van der Waals surface area contributed by atoms with E-state index in [-0.39, 0.29) is 6.04 Å². The molecule has 0 aliphatic carbocycles. The molecule has 0 spiro atoms. The third kappa shape index (κ3) is 1.94. The van der Waals surface area contributed by atoms with Crippen LogP contribution in [0.1, 0.15) is 27.2 Å². The van der Waals surface area contributed by atoms with Crippen LogP contribution in [0.4, 0.5) is 0 Å². The van der Waals surface area contributed by atoms with E-state index in [9.17, 15) is 5.11 Å². The van der Waals surface area contributed by atoms with Gasteiger partial charge in [-0.05, 0) is 20.3 Å². The first-order chi connectivity index (χ1) is 4.42. The van der Waals surface area contributed by atoms with Crippen LogP contribution in [0.25, 0.3) is 0 Å². The highest BCUT2D eigenvalue weighted by Crippen LogP contribution is 2.11. The second-order valence-electron chi connectivity index (χ2n) is 3.06. The largest absolute Gasteiger partial charge is 0.391 e. The summed E-state index contributed by atoms with van der Waals surface area (Å²) in [5.74, 6) is 0. The summed E-state index contributed by atoms with van der Waals surface area (Å²) < 4.78 is 0. The Hall–Kier alpha value is -0.120. The molecule has 0 saturated heterocycles. The predicted molar refractivity (Wildman–Crippen MR) is 42.5 cm³/mol. The van der Waals surface area contributed by atoms with Crippen LogP contribution in [0.2, 0.25) is 0 Å². The van der Waals surface area contributed by atoms with Gasteiger partial charge in [0.15, 0.2) is 0 Å². The molecule has 0 saturated carbocycles. The molecular formula is C7H18N2O. The Labute approximate surface area is 62.4 Å². The minimum atomic E-state index is -0.658. The molecule has 0 aliphatic rings. The first kappa shape index (κ1) is 9.88. The van der Waals surface area contributed by atoms with Gasteiger partial charge >= 0.3 is 0 Å². The Morgan fingerprint density at radius 3 is 2.10 bits per heavy atom. The van der Waals surface area contributed by atoms with E-state index in [4.69, 9.17) is 11.5 Å². The van der Waals surface area contributed by atoms with Gasteiger partial charge in [0.05, 0.1) is 11.6 Å². The quantitative estimate of drug-likeness (QED) is 0.517. The Morgan fingerprint density at radius 1 is 1.60 bits per heavy atom. The van der Waals surface area contributed by atoms with Crippen LogP contribution >= 0.6 is 0 Å². The fraction of sp³-hybridized carbons (Fsp3) is 1.00. The van der Waals surface area contributed by atoms with Crippen LogP contribution in [0.3, 0.4) is 0 Å². The number of hydrogen-bond acceptors (Lipinski definition) is 3. The molecule has 0 heterocycles. The smallest absolute Gasteiger partial charge is 0.0704 e. The van der Waals surface area contributed by atoms with Crippen molar-refractivity contribution in [2.24, 2.45) is 11.5 Å². The summed E-state index contributed by atoms with van der Waals surface area (Å²) in [6.07, 6.45) is 0.236. The molecule has 0 aromatic rings. The molecule has 3 nitrogen and oxygen atoms in total. The lowest BCUT2D eigenvalue weighted by Crippen LogP contribution is -2.59. The second kappa shape index (κ2) is 3.32. The van der Waals surface area contributed by atoms with E-state index in [1.54, 1.807) is 13.8 Å². The molecule has 0 radical (unpaired) electrons. The Bertz CT molecular complexity index is 102. The molecule has 0 aromatic carbocycles. The van der Waals surface area contributed by atoms with Gasteiger partial charge in [-0.2, -0.15) is 0 Å². The summed E-state index contributed by atoms with van der Waals surface area (Å²) in [6.45, 7) is 5.39. The summed E-state index contributed by atoms with van der Waals surface area (Å²) in [7, 11) is 0. The standard InChI is InChI=1S/C7H18N2O/c1-4-6(8)7(3,9)5(2)10/h5-6,10H,4,8-9H2,1-3H3. The van der Waals surface area contributed by atoms with E-state index >= 15 is 0 Å². The van der Waals surface area contributed by atoms with E-state index < -0.39 is 11.6 Å². The zero-order chi connectivity index (χ0) is 8.36. The van der Waals surface area contributed by atoms with Gasteiger partial charge in [0, 0.05) is 6.04 Å². The molecule has 5 N–H and O–H groups in total. The van der Waals surface area contributed by atoms with Gasteiger partial charge < -0.3 is 16.6 Å². The van der Waals surface area contributed by atoms with E-state index in [2.05, 4.69) is 0 Å². The molecule has 3 atom stereocenters. The Balaban J connectivity index is 4.09. The third-order valence-electron chi connectivity index (χ3n) is 2.14. The van der Waals surface area contributed by atoms with Gasteiger partial charge in [0.25, 0.3) is 0 Å². The van der Waals surface area contributed by atoms with Crippen LogP contribution in [-0.2, 0) is 0 Å². The van der Waals surface area contributed by atoms with E-state index in [0.717, 1.165) is 6.42 Å². The first-order valence-electron chi connectivity index (χ1n) is 3.65. The van der Waals surface area contributed by atoms with Crippen molar-refractivity contribution >= 4 is 0 Å². The SMILES string of the molecule is CCC(N)C(C)(N)C(C)O. The van der Waals surface area contributed by atoms with Gasteiger partial charge in [0.1, 0.15) is 0 Å². The van der Waals surface area contributed by atoms with Crippen LogP contribution in [-0.4, -0.2) is 22.8 Å². The van der Waals surface area contributed by atoms with Gasteiger partial charge in [-0.3, -0.25) is 0 Å². The molecule has 3 heteroatoms. The first-order valence-corrected chi connectivity index (χ1v) is 3.65. The lowest BCUT2D eigenvalue weighted by atomic mass is 9.87. The molecular weight excluding hydrogens is 128 g/mol. The maximum atomic E-state index is 9.18. The minimum absolute atomic E-state index is 0.132. The van der Waals surface area contributed by atoms with Crippen LogP contribution in [0.5, 0.6) is 0 Å². The average Bonchev–Trinajstić information content (AvgIpc) is 1.86. The van der Waals surface area contributed by atoms with E-state index in [1.807, 2.05) is 6.92 Å². The molecule has 0 bridgehead atoms. The molecule has 0 aliphatic heterocycles. The zero-order valence-electron chi connectivity index (χ0n) is 6.96. The third-order valence-corrected chi connectivity index (χ3v) is 2.14. The van der Waals surface area contributed by atoms with Gasteiger partial charge in [-0.1, -0.05) is 6.92 Å². The maximum absolute atomic E-state index is 9.18. The van der Waals surface area contributed by atoms with Crippen molar-refractivity contribution in [3.05, 3.63) is 0 Å². The molecule has 0 rings (SSSR count). The average molecular weight is 146 g/mol. The molecule has 10 heavy (non-hydrogen) atoms. The van der Waals surface area contributed by atoms with Crippen molar-refractivity contribution in [1.82, 2.24) is 0 Å². The predicted octanol–water partition coefficient (Wildman–Crippen LogP) is -0.178.